The number of ether oxygens (including phenoxy) is 1. The number of nitrogens with zero attached hydrogens (tertiary/aromatic N) is 1. The van der Waals surface area contributed by atoms with Gasteiger partial charge >= 0.3 is 0 Å². The summed E-state index contributed by atoms with van der Waals surface area (Å²) < 4.78 is 7.58. The Labute approximate surface area is 124 Å². The molecule has 0 bridgehead atoms. The van der Waals surface area contributed by atoms with Gasteiger partial charge in [0, 0.05) is 18.3 Å². The van der Waals surface area contributed by atoms with Crippen LogP contribution >= 0.6 is 0 Å². The Balaban J connectivity index is 1.65. The van der Waals surface area contributed by atoms with E-state index in [4.69, 9.17) is 10.5 Å². The molecule has 0 saturated carbocycles. The summed E-state index contributed by atoms with van der Waals surface area (Å²) in [6, 6.07) is 11.4. The van der Waals surface area contributed by atoms with Crippen LogP contribution in [0.2, 0.25) is 0 Å². The third-order valence-electron chi connectivity index (χ3n) is 3.99. The van der Waals surface area contributed by atoms with Gasteiger partial charge in [-0.1, -0.05) is 18.2 Å². The van der Waals surface area contributed by atoms with E-state index >= 15 is 0 Å². The topological polar surface area (TPSA) is 57.2 Å². The van der Waals surface area contributed by atoms with E-state index in [2.05, 4.69) is 0 Å². The number of fused-ring (bicyclic) bond motifs is 1. The van der Waals surface area contributed by atoms with Crippen molar-refractivity contribution in [3.8, 4) is 5.75 Å². The molecule has 2 N–H and O–H groups in total. The van der Waals surface area contributed by atoms with Gasteiger partial charge in [-0.3, -0.25) is 4.79 Å². The van der Waals surface area contributed by atoms with Crippen LogP contribution < -0.4 is 16.0 Å². The maximum absolute atomic E-state index is 12.0. The van der Waals surface area contributed by atoms with Gasteiger partial charge in [0.25, 0.3) is 5.56 Å². The Bertz CT molecular complexity index is 674. The van der Waals surface area contributed by atoms with Crippen LogP contribution in [0.1, 0.15) is 23.2 Å². The van der Waals surface area contributed by atoms with Crippen molar-refractivity contribution >= 4 is 0 Å². The van der Waals surface area contributed by atoms with Crippen molar-refractivity contribution < 1.29 is 4.74 Å². The summed E-state index contributed by atoms with van der Waals surface area (Å²) in [7, 11) is 0. The summed E-state index contributed by atoms with van der Waals surface area (Å²) in [5.74, 6) is 0.813. The van der Waals surface area contributed by atoms with Crippen LogP contribution in [0.15, 0.2) is 41.2 Å². The first kappa shape index (κ1) is 13.9. The lowest BCUT2D eigenvalue weighted by molar-refractivity contribution is 0.294. The molecule has 4 nitrogen and oxygen atoms in total. The number of aryl methyl sites for hydroxylation is 1. The number of rotatable bonds is 5. The molecule has 0 aliphatic heterocycles. The zero-order chi connectivity index (χ0) is 14.7. The molecule has 3 rings (SSSR count). The van der Waals surface area contributed by atoms with Crippen molar-refractivity contribution in [1.29, 1.82) is 0 Å². The van der Waals surface area contributed by atoms with E-state index in [0.717, 1.165) is 30.6 Å². The van der Waals surface area contributed by atoms with Crippen LogP contribution in [0.25, 0.3) is 0 Å². The molecule has 110 valence electrons. The van der Waals surface area contributed by atoms with Crippen LogP contribution in [0.3, 0.4) is 0 Å². The quantitative estimate of drug-likeness (QED) is 0.912. The van der Waals surface area contributed by atoms with Gasteiger partial charge in [-0.2, -0.15) is 0 Å². The zero-order valence-corrected chi connectivity index (χ0v) is 12.0. The Morgan fingerprint density at radius 1 is 1.10 bits per heavy atom. The van der Waals surface area contributed by atoms with Crippen molar-refractivity contribution in [2.75, 3.05) is 6.61 Å². The smallest absolute Gasteiger partial charge is 0.250 e. The fourth-order valence-corrected chi connectivity index (χ4v) is 2.86. The van der Waals surface area contributed by atoms with E-state index < -0.39 is 0 Å². The van der Waals surface area contributed by atoms with Gasteiger partial charge in [0.1, 0.15) is 12.4 Å². The molecule has 0 fully saturated rings. The molecule has 0 radical (unpaired) electrons. The summed E-state index contributed by atoms with van der Waals surface area (Å²) in [5, 5.41) is 0. The van der Waals surface area contributed by atoms with Crippen molar-refractivity contribution in [3.63, 3.8) is 0 Å². The summed E-state index contributed by atoms with van der Waals surface area (Å²) in [6.45, 7) is 1.63. The minimum Gasteiger partial charge on any atom is -0.492 e. The average molecular weight is 284 g/mol. The van der Waals surface area contributed by atoms with Crippen LogP contribution in [0.4, 0.5) is 0 Å². The fourth-order valence-electron chi connectivity index (χ4n) is 2.86. The Kier molecular flexibility index (Phi) is 4.06. The van der Waals surface area contributed by atoms with E-state index in [1.165, 1.54) is 11.3 Å². The number of hydrogen-bond acceptors (Lipinski definition) is 3. The van der Waals surface area contributed by atoms with Gasteiger partial charge in [0.2, 0.25) is 0 Å². The Morgan fingerprint density at radius 3 is 2.67 bits per heavy atom. The molecule has 21 heavy (non-hydrogen) atoms. The maximum atomic E-state index is 12.0. The second-order valence-electron chi connectivity index (χ2n) is 5.35. The molecular weight excluding hydrogens is 264 g/mol. The van der Waals surface area contributed by atoms with Crippen molar-refractivity contribution in [3.05, 3.63) is 63.6 Å². The third-order valence-corrected chi connectivity index (χ3v) is 3.99. The Morgan fingerprint density at radius 2 is 1.90 bits per heavy atom. The second kappa shape index (κ2) is 6.14. The van der Waals surface area contributed by atoms with E-state index in [-0.39, 0.29) is 5.56 Å². The average Bonchev–Trinajstić information content (AvgIpc) is 2.99. The van der Waals surface area contributed by atoms with Crippen LogP contribution in [-0.4, -0.2) is 11.2 Å². The molecule has 1 aliphatic carbocycles. The number of nitrogens with two attached hydrogens (primary N) is 1. The van der Waals surface area contributed by atoms with Crippen LogP contribution in [-0.2, 0) is 25.9 Å². The zero-order valence-electron chi connectivity index (χ0n) is 12.0. The number of aromatic nitrogens is 1. The molecule has 1 aromatic heterocycles. The number of pyridine rings is 1. The van der Waals surface area contributed by atoms with E-state index in [9.17, 15) is 4.79 Å². The minimum absolute atomic E-state index is 0.0673. The minimum atomic E-state index is 0.0673. The highest BCUT2D eigenvalue weighted by atomic mass is 16.5. The highest BCUT2D eigenvalue weighted by molar-refractivity contribution is 5.27. The van der Waals surface area contributed by atoms with Crippen LogP contribution in [0, 0.1) is 0 Å². The third kappa shape index (κ3) is 3.00. The molecule has 1 aromatic carbocycles. The molecule has 0 amide bonds. The first-order chi connectivity index (χ1) is 10.3. The molecule has 1 heterocycles. The molecule has 4 heteroatoms. The molecule has 0 spiro atoms. The van der Waals surface area contributed by atoms with E-state index in [1.807, 2.05) is 34.9 Å². The van der Waals surface area contributed by atoms with Crippen molar-refractivity contribution in [2.45, 2.75) is 32.4 Å². The highest BCUT2D eigenvalue weighted by Gasteiger charge is 2.15. The van der Waals surface area contributed by atoms with Crippen LogP contribution in [0.5, 0.6) is 5.75 Å². The lowest BCUT2D eigenvalue weighted by atomic mass is 10.2. The summed E-state index contributed by atoms with van der Waals surface area (Å²) in [6.07, 6.45) is 3.22. The number of hydrogen-bond donors (Lipinski definition) is 1. The summed E-state index contributed by atoms with van der Waals surface area (Å²) in [5.41, 5.74) is 9.21. The fraction of sp³-hybridized carbons (Fsp3) is 0.353. The van der Waals surface area contributed by atoms with Gasteiger partial charge in [-0.15, -0.1) is 0 Å². The molecule has 2 aromatic rings. The SMILES string of the molecule is NCc1ccc(OCCn2c3c(ccc2=O)CCC3)cc1. The predicted molar refractivity (Wildman–Crippen MR) is 82.6 cm³/mol. The largest absolute Gasteiger partial charge is 0.492 e. The molecular formula is C17H20N2O2. The summed E-state index contributed by atoms with van der Waals surface area (Å²) in [4.78, 5) is 12.0. The van der Waals surface area contributed by atoms with Gasteiger partial charge in [-0.25, -0.2) is 0 Å². The highest BCUT2D eigenvalue weighted by Crippen LogP contribution is 2.20. The lowest BCUT2D eigenvalue weighted by Gasteiger charge is -2.13. The lowest BCUT2D eigenvalue weighted by Crippen LogP contribution is -2.25. The van der Waals surface area contributed by atoms with Crippen molar-refractivity contribution in [2.24, 2.45) is 5.73 Å². The predicted octanol–water partition coefficient (Wildman–Crippen LogP) is 1.87. The summed E-state index contributed by atoms with van der Waals surface area (Å²) >= 11 is 0. The number of benzene rings is 1. The van der Waals surface area contributed by atoms with E-state index in [0.29, 0.717) is 19.7 Å². The first-order valence-corrected chi connectivity index (χ1v) is 7.41. The maximum Gasteiger partial charge on any atom is 0.250 e. The monoisotopic (exact) mass is 284 g/mol. The second-order valence-corrected chi connectivity index (χ2v) is 5.35. The molecule has 0 saturated heterocycles. The van der Waals surface area contributed by atoms with Gasteiger partial charge in [-0.05, 0) is 42.5 Å². The Hall–Kier alpha value is -2.07. The van der Waals surface area contributed by atoms with Gasteiger partial charge in [0.05, 0.1) is 6.54 Å². The first-order valence-electron chi connectivity index (χ1n) is 7.41. The van der Waals surface area contributed by atoms with Gasteiger partial charge in [0.15, 0.2) is 0 Å². The molecule has 1 aliphatic rings. The molecule has 0 unspecified atom stereocenters. The normalized spacial score (nSPS) is 13.2. The van der Waals surface area contributed by atoms with Crippen molar-refractivity contribution in [1.82, 2.24) is 4.57 Å². The van der Waals surface area contributed by atoms with E-state index in [1.54, 1.807) is 6.07 Å². The standard InChI is InChI=1S/C17H20N2O2/c18-12-13-4-7-15(8-5-13)21-11-10-19-16-3-1-2-14(16)6-9-17(19)20/h4-9H,1-3,10-12,18H2. The van der Waals surface area contributed by atoms with Gasteiger partial charge < -0.3 is 15.0 Å². The molecule has 0 atom stereocenters.